The zero-order valence-electron chi connectivity index (χ0n) is 18.7. The molecule has 3 N–H and O–H groups in total. The van der Waals surface area contributed by atoms with Crippen LogP contribution in [0.1, 0.15) is 116 Å². The van der Waals surface area contributed by atoms with E-state index in [4.69, 9.17) is 9.66 Å². The Kier molecular flexibility index (Phi) is 29.2. The number of unbranched alkanes of at least 4 members (excludes halogenated alkanes) is 15. The van der Waals surface area contributed by atoms with Crippen LogP contribution in [0.5, 0.6) is 0 Å². The molecule has 1 amide bonds. The number of carboxylic acid groups (broad SMARTS) is 1. The van der Waals surface area contributed by atoms with Crippen LogP contribution in [0.2, 0.25) is 0 Å². The predicted molar refractivity (Wildman–Crippen MR) is 134 cm³/mol. The molecule has 0 rings (SSSR count). The Morgan fingerprint density at radius 1 is 0.719 bits per heavy atom. The summed E-state index contributed by atoms with van der Waals surface area (Å²) >= 11 is 0. The summed E-state index contributed by atoms with van der Waals surface area (Å²) in [5.74, 6) is -2.41. The number of nitrogens with one attached hydrogen (secondary N) is 1. The summed E-state index contributed by atoms with van der Waals surface area (Å²) in [6.45, 7) is 2.53. The molecule has 10 heteroatoms. The Morgan fingerprint density at radius 2 is 1.06 bits per heavy atom. The van der Waals surface area contributed by atoms with E-state index >= 15 is 0 Å². The average Bonchev–Trinajstić information content (AvgIpc) is 2.67. The van der Waals surface area contributed by atoms with Gasteiger partial charge in [0.05, 0.1) is 6.42 Å². The summed E-state index contributed by atoms with van der Waals surface area (Å²) in [6, 6.07) is 0. The van der Waals surface area contributed by atoms with E-state index in [9.17, 15) is 18.0 Å². The third-order valence-electron chi connectivity index (χ3n) is 5.34. The fraction of sp³-hybridized carbons (Fsp3) is 0.909. The van der Waals surface area contributed by atoms with E-state index in [2.05, 4.69) is 12.2 Å². The predicted octanol–water partition coefficient (Wildman–Crippen LogP) is 3.80. The molecule has 0 radical (unpaired) electrons. The standard InChI is InChI=1S/C22H43NO6S.2Na.2H/c1-2-3-4-5-6-7-8-9-10-11-12-13-14-15-16-17-18-23-22(26)20(19-21(24)25)30(27,28)29;;;;/h20H,2-19H2,1H3,(H,23,26)(H,24,25)(H,27,28,29);;;;. The van der Waals surface area contributed by atoms with Gasteiger partial charge in [0.1, 0.15) is 0 Å². The maximum absolute atomic E-state index is 11.8. The second kappa shape index (κ2) is 25.0. The fourth-order valence-electron chi connectivity index (χ4n) is 3.49. The Hall–Kier alpha value is 0.850. The first-order valence-electron chi connectivity index (χ1n) is 11.7. The van der Waals surface area contributed by atoms with Crippen LogP contribution in [0.15, 0.2) is 0 Å². The molecule has 0 aromatic carbocycles. The van der Waals surface area contributed by atoms with E-state index in [1.807, 2.05) is 0 Å². The van der Waals surface area contributed by atoms with Gasteiger partial charge in [-0.3, -0.25) is 14.1 Å². The van der Waals surface area contributed by atoms with Crippen LogP contribution < -0.4 is 5.32 Å². The Labute approximate surface area is 240 Å². The molecule has 7 nitrogen and oxygen atoms in total. The molecular formula is C22H45NNa2O6S. The fourth-order valence-corrected chi connectivity index (χ4v) is 4.20. The zero-order valence-corrected chi connectivity index (χ0v) is 19.6. The van der Waals surface area contributed by atoms with Crippen molar-refractivity contribution in [3.63, 3.8) is 0 Å². The molecule has 0 aromatic rings. The van der Waals surface area contributed by atoms with E-state index in [1.54, 1.807) is 0 Å². The van der Waals surface area contributed by atoms with Gasteiger partial charge in [0, 0.05) is 6.54 Å². The first-order chi connectivity index (χ1) is 14.3. The van der Waals surface area contributed by atoms with Crippen molar-refractivity contribution in [2.24, 2.45) is 0 Å². The summed E-state index contributed by atoms with van der Waals surface area (Å²) in [4.78, 5) is 22.4. The second-order valence-corrected chi connectivity index (χ2v) is 9.79. The van der Waals surface area contributed by atoms with Gasteiger partial charge in [0.15, 0.2) is 5.25 Å². The van der Waals surface area contributed by atoms with E-state index in [1.165, 1.54) is 77.0 Å². The molecule has 0 saturated heterocycles. The van der Waals surface area contributed by atoms with Crippen molar-refractivity contribution in [1.82, 2.24) is 5.32 Å². The zero-order chi connectivity index (χ0) is 22.7. The van der Waals surface area contributed by atoms with Gasteiger partial charge in [-0.2, -0.15) is 8.42 Å². The van der Waals surface area contributed by atoms with Crippen molar-refractivity contribution in [2.75, 3.05) is 6.54 Å². The van der Waals surface area contributed by atoms with Crippen molar-refractivity contribution in [2.45, 2.75) is 121 Å². The van der Waals surface area contributed by atoms with Gasteiger partial charge in [-0.25, -0.2) is 0 Å². The van der Waals surface area contributed by atoms with Gasteiger partial charge in [0.2, 0.25) is 5.91 Å². The van der Waals surface area contributed by atoms with Crippen LogP contribution in [-0.4, -0.2) is 101 Å². The van der Waals surface area contributed by atoms with Crippen LogP contribution in [0, 0.1) is 0 Å². The molecular weight excluding hydrogens is 452 g/mol. The molecule has 0 aliphatic rings. The van der Waals surface area contributed by atoms with Crippen molar-refractivity contribution >= 4 is 81.1 Å². The molecule has 0 aliphatic carbocycles. The van der Waals surface area contributed by atoms with Gasteiger partial charge in [0.25, 0.3) is 10.1 Å². The minimum absolute atomic E-state index is 0. The first kappa shape index (κ1) is 37.4. The topological polar surface area (TPSA) is 121 Å². The number of amides is 1. The average molecular weight is 498 g/mol. The molecule has 1 atom stereocenters. The number of carboxylic acids is 1. The van der Waals surface area contributed by atoms with Gasteiger partial charge >= 0.3 is 65.1 Å². The third-order valence-corrected chi connectivity index (χ3v) is 6.44. The molecule has 0 bridgehead atoms. The van der Waals surface area contributed by atoms with Gasteiger partial charge in [-0.1, -0.05) is 103 Å². The molecule has 0 saturated carbocycles. The number of hydrogen-bond donors (Lipinski definition) is 3. The van der Waals surface area contributed by atoms with E-state index < -0.39 is 33.7 Å². The quantitative estimate of drug-likeness (QED) is 0.126. The molecule has 0 heterocycles. The molecule has 0 spiro atoms. The van der Waals surface area contributed by atoms with E-state index in [0.717, 1.165) is 19.3 Å². The molecule has 182 valence electrons. The summed E-state index contributed by atoms with van der Waals surface area (Å²) in [5, 5.41) is 9.12. The molecule has 32 heavy (non-hydrogen) atoms. The van der Waals surface area contributed by atoms with Gasteiger partial charge in [-0.05, 0) is 6.42 Å². The van der Waals surface area contributed by atoms with Crippen molar-refractivity contribution in [1.29, 1.82) is 0 Å². The number of carbonyl (C=O) groups excluding carboxylic acids is 1. The van der Waals surface area contributed by atoms with Gasteiger partial charge < -0.3 is 10.4 Å². The molecule has 0 aromatic heterocycles. The summed E-state index contributed by atoms with van der Waals surface area (Å²) in [7, 11) is -4.73. The van der Waals surface area contributed by atoms with E-state index in [-0.39, 0.29) is 65.7 Å². The first-order valence-corrected chi connectivity index (χ1v) is 13.2. The van der Waals surface area contributed by atoms with Crippen molar-refractivity contribution < 1.29 is 27.7 Å². The van der Waals surface area contributed by atoms with Crippen molar-refractivity contribution in [3.8, 4) is 0 Å². The number of aliphatic carboxylic acids is 1. The van der Waals surface area contributed by atoms with Crippen molar-refractivity contribution in [3.05, 3.63) is 0 Å². The van der Waals surface area contributed by atoms with Crippen LogP contribution in [0.25, 0.3) is 0 Å². The Balaban J connectivity index is -0.00000420. The van der Waals surface area contributed by atoms with Gasteiger partial charge in [-0.15, -0.1) is 0 Å². The second-order valence-electron chi connectivity index (χ2n) is 8.20. The maximum atomic E-state index is 11.8. The SMILES string of the molecule is CCCCCCCCCCCCCCCCCCNC(=O)C(CC(=O)O)S(=O)(=O)O.[NaH].[NaH]. The summed E-state index contributed by atoms with van der Waals surface area (Å²) in [6.07, 6.45) is 18.9. The number of rotatable bonds is 21. The monoisotopic (exact) mass is 497 g/mol. The third kappa shape index (κ3) is 24.0. The Bertz CT molecular complexity index is 561. The number of carbonyl (C=O) groups is 2. The van der Waals surface area contributed by atoms with Crippen LogP contribution in [0.3, 0.4) is 0 Å². The molecule has 0 fully saturated rings. The molecule has 0 aliphatic heterocycles. The number of hydrogen-bond acceptors (Lipinski definition) is 4. The van der Waals surface area contributed by atoms with E-state index in [0.29, 0.717) is 6.42 Å². The summed E-state index contributed by atoms with van der Waals surface area (Å²) < 4.78 is 31.2. The normalized spacial score (nSPS) is 11.8. The molecule has 1 unspecified atom stereocenters. The Morgan fingerprint density at radius 3 is 1.38 bits per heavy atom. The summed E-state index contributed by atoms with van der Waals surface area (Å²) in [5.41, 5.74) is 0. The van der Waals surface area contributed by atoms with Crippen LogP contribution >= 0.6 is 0 Å². The van der Waals surface area contributed by atoms with Crippen LogP contribution in [0.4, 0.5) is 0 Å². The minimum atomic E-state index is -4.73. The van der Waals surface area contributed by atoms with Crippen LogP contribution in [-0.2, 0) is 19.7 Å².